The molecule has 0 saturated carbocycles. The topological polar surface area (TPSA) is 32.3 Å². The maximum Gasteiger partial charge on any atom is 0.288 e. The average Bonchev–Trinajstić information content (AvgIpc) is 2.84. The quantitative estimate of drug-likeness (QED) is 0.786. The van der Waals surface area contributed by atoms with Gasteiger partial charge in [0.25, 0.3) is 5.76 Å². The molecule has 1 saturated heterocycles. The molecule has 2 atom stereocenters. The number of hydrogen-bond acceptors (Lipinski definition) is 4. The van der Waals surface area contributed by atoms with E-state index in [1.165, 1.54) is 0 Å². The van der Waals surface area contributed by atoms with Gasteiger partial charge in [0.1, 0.15) is 0 Å². The second kappa shape index (κ2) is 7.11. The third kappa shape index (κ3) is 4.62. The van der Waals surface area contributed by atoms with Crippen molar-refractivity contribution in [2.24, 2.45) is 0 Å². The number of aliphatic hydroxyl groups is 1. The second-order valence-corrected chi connectivity index (χ2v) is 7.25. The lowest BCUT2D eigenvalue weighted by Crippen LogP contribution is -2.41. The second-order valence-electron chi connectivity index (χ2n) is 5.08. The summed E-state index contributed by atoms with van der Waals surface area (Å²) in [6.07, 6.45) is 0.821. The minimum absolute atomic E-state index is 0.0928. The maximum absolute atomic E-state index is 12.2. The van der Waals surface area contributed by atoms with Gasteiger partial charge in [-0.2, -0.15) is 20.5 Å². The number of thioether (sulfide) groups is 2. The Morgan fingerprint density at radius 3 is 2.65 bits per heavy atom. The van der Waals surface area contributed by atoms with Gasteiger partial charge in [0.15, 0.2) is 0 Å². The fourth-order valence-electron chi connectivity index (χ4n) is 2.13. The molecule has 0 spiro atoms. The van der Waals surface area contributed by atoms with E-state index in [-0.39, 0.29) is 6.04 Å². The van der Waals surface area contributed by atoms with Crippen molar-refractivity contribution in [2.45, 2.75) is 35.6 Å². The highest BCUT2D eigenvalue weighted by Gasteiger charge is 2.31. The summed E-state index contributed by atoms with van der Waals surface area (Å²) in [6.45, 7) is 2.58. The van der Waals surface area contributed by atoms with Crippen molar-refractivity contribution in [3.8, 4) is 0 Å². The van der Waals surface area contributed by atoms with Crippen molar-refractivity contribution in [1.82, 2.24) is 5.32 Å². The molecule has 112 valence electrons. The smallest absolute Gasteiger partial charge is 0.288 e. The number of benzene rings is 1. The van der Waals surface area contributed by atoms with Crippen LogP contribution in [0, 0.1) is 0 Å². The number of nitrogens with one attached hydrogen (secondary N) is 1. The molecule has 1 heterocycles. The summed E-state index contributed by atoms with van der Waals surface area (Å²) in [7, 11) is 0. The summed E-state index contributed by atoms with van der Waals surface area (Å²) in [5.41, 5.74) is 0.433. The fraction of sp³-hybridized carbons (Fsp3) is 0.571. The zero-order valence-electron chi connectivity index (χ0n) is 11.3. The van der Waals surface area contributed by atoms with Crippen LogP contribution in [0.25, 0.3) is 0 Å². The minimum Gasteiger partial charge on any atom is -0.388 e. The van der Waals surface area contributed by atoms with Gasteiger partial charge in [-0.15, -0.1) is 0 Å². The zero-order valence-corrected chi connectivity index (χ0v) is 12.9. The SMILES string of the molecule is C[C@H](NC[C@@]1(O)CCSC1)c1ccc(SC(F)F)cc1. The lowest BCUT2D eigenvalue weighted by atomic mass is 10.0. The van der Waals surface area contributed by atoms with E-state index >= 15 is 0 Å². The first-order valence-electron chi connectivity index (χ1n) is 6.57. The Kier molecular flexibility index (Phi) is 5.72. The molecule has 2 N–H and O–H groups in total. The molecular weight excluding hydrogens is 300 g/mol. The third-order valence-corrected chi connectivity index (χ3v) is 5.38. The van der Waals surface area contributed by atoms with Crippen LogP contribution in [0.4, 0.5) is 8.78 Å². The van der Waals surface area contributed by atoms with Gasteiger partial charge in [-0.3, -0.25) is 0 Å². The number of rotatable bonds is 6. The summed E-state index contributed by atoms with van der Waals surface area (Å²) in [6, 6.07) is 7.23. The third-order valence-electron chi connectivity index (χ3n) is 3.43. The molecule has 2 rings (SSSR count). The predicted molar refractivity (Wildman–Crippen MR) is 81.6 cm³/mol. The van der Waals surface area contributed by atoms with E-state index < -0.39 is 11.4 Å². The molecule has 0 aliphatic carbocycles. The van der Waals surface area contributed by atoms with Crippen LogP contribution in [0.2, 0.25) is 0 Å². The Bertz CT molecular complexity index is 422. The summed E-state index contributed by atoms with van der Waals surface area (Å²) in [5.74, 6) is -0.603. The van der Waals surface area contributed by atoms with Crippen LogP contribution in [0.15, 0.2) is 29.2 Å². The number of alkyl halides is 2. The summed E-state index contributed by atoms with van der Waals surface area (Å²) < 4.78 is 24.5. The van der Waals surface area contributed by atoms with Crippen LogP contribution >= 0.6 is 23.5 Å². The maximum atomic E-state index is 12.2. The van der Waals surface area contributed by atoms with E-state index in [9.17, 15) is 13.9 Å². The molecule has 0 unspecified atom stereocenters. The van der Waals surface area contributed by atoms with E-state index in [2.05, 4.69) is 5.32 Å². The molecule has 1 aliphatic heterocycles. The van der Waals surface area contributed by atoms with Gasteiger partial charge < -0.3 is 10.4 Å². The van der Waals surface area contributed by atoms with Crippen molar-refractivity contribution < 1.29 is 13.9 Å². The van der Waals surface area contributed by atoms with Crippen LogP contribution in [0.1, 0.15) is 24.9 Å². The van der Waals surface area contributed by atoms with Crippen LogP contribution < -0.4 is 5.32 Å². The summed E-state index contributed by atoms with van der Waals surface area (Å²) in [4.78, 5) is 0.571. The Balaban J connectivity index is 1.87. The first-order chi connectivity index (χ1) is 9.48. The zero-order chi connectivity index (χ0) is 14.6. The van der Waals surface area contributed by atoms with Gasteiger partial charge in [-0.1, -0.05) is 23.9 Å². The normalized spacial score (nSPS) is 24.2. The number of halogens is 2. The Labute approximate surface area is 126 Å². The molecule has 1 aromatic carbocycles. The molecule has 1 aliphatic rings. The van der Waals surface area contributed by atoms with Crippen LogP contribution in [0.5, 0.6) is 0 Å². The van der Waals surface area contributed by atoms with E-state index in [0.29, 0.717) is 23.2 Å². The van der Waals surface area contributed by atoms with Crippen molar-refractivity contribution >= 4 is 23.5 Å². The van der Waals surface area contributed by atoms with E-state index in [1.807, 2.05) is 19.1 Å². The lowest BCUT2D eigenvalue weighted by molar-refractivity contribution is 0.0651. The van der Waals surface area contributed by atoms with Crippen LogP contribution in [-0.2, 0) is 0 Å². The molecule has 0 bridgehead atoms. The van der Waals surface area contributed by atoms with Crippen LogP contribution in [-0.4, -0.2) is 34.5 Å². The molecule has 0 radical (unpaired) electrons. The standard InChI is InChI=1S/C14H19F2NOS2/c1-10(17-8-14(18)6-7-19-9-14)11-2-4-12(5-3-11)20-13(15)16/h2-5,10,13,17-18H,6-9H2,1H3/t10-,14-/m0/s1. The van der Waals surface area contributed by atoms with Gasteiger partial charge >= 0.3 is 0 Å². The largest absolute Gasteiger partial charge is 0.388 e. The fourth-order valence-corrected chi connectivity index (χ4v) is 3.93. The first-order valence-corrected chi connectivity index (χ1v) is 8.60. The molecule has 6 heteroatoms. The minimum atomic E-state index is -2.38. The highest BCUT2D eigenvalue weighted by atomic mass is 32.2. The first kappa shape index (κ1) is 16.1. The van der Waals surface area contributed by atoms with Gasteiger partial charge in [-0.05, 0) is 36.8 Å². The molecule has 2 nitrogen and oxygen atoms in total. The van der Waals surface area contributed by atoms with Crippen molar-refractivity contribution in [2.75, 3.05) is 18.1 Å². The van der Waals surface area contributed by atoms with E-state index in [0.717, 1.165) is 23.5 Å². The van der Waals surface area contributed by atoms with E-state index in [1.54, 1.807) is 23.9 Å². The van der Waals surface area contributed by atoms with Gasteiger partial charge in [0.2, 0.25) is 0 Å². The Morgan fingerprint density at radius 1 is 1.40 bits per heavy atom. The van der Waals surface area contributed by atoms with Crippen molar-refractivity contribution in [3.05, 3.63) is 29.8 Å². The average molecular weight is 319 g/mol. The molecular formula is C14H19F2NOS2. The number of hydrogen-bond donors (Lipinski definition) is 2. The van der Waals surface area contributed by atoms with Gasteiger partial charge in [0, 0.05) is 23.2 Å². The molecule has 1 fully saturated rings. The Hall–Kier alpha value is -0.300. The lowest BCUT2D eigenvalue weighted by Gasteiger charge is -2.24. The van der Waals surface area contributed by atoms with Crippen molar-refractivity contribution in [3.63, 3.8) is 0 Å². The van der Waals surface area contributed by atoms with E-state index in [4.69, 9.17) is 0 Å². The van der Waals surface area contributed by atoms with Crippen LogP contribution in [0.3, 0.4) is 0 Å². The van der Waals surface area contributed by atoms with Gasteiger partial charge in [-0.25, -0.2) is 0 Å². The predicted octanol–water partition coefficient (Wildman–Crippen LogP) is 3.52. The monoisotopic (exact) mass is 319 g/mol. The summed E-state index contributed by atoms with van der Waals surface area (Å²) in [5, 5.41) is 13.6. The van der Waals surface area contributed by atoms with Gasteiger partial charge in [0.05, 0.1) is 5.60 Å². The Morgan fingerprint density at radius 2 is 2.10 bits per heavy atom. The highest BCUT2D eigenvalue weighted by Crippen LogP contribution is 2.29. The molecule has 1 aromatic rings. The van der Waals surface area contributed by atoms with Crippen molar-refractivity contribution in [1.29, 1.82) is 0 Å². The molecule has 20 heavy (non-hydrogen) atoms. The summed E-state index contributed by atoms with van der Waals surface area (Å²) >= 11 is 2.33. The highest BCUT2D eigenvalue weighted by molar-refractivity contribution is 7.99. The molecule has 0 aromatic heterocycles. The molecule has 0 amide bonds.